The van der Waals surface area contributed by atoms with E-state index in [2.05, 4.69) is 16.2 Å². The molecule has 2 rings (SSSR count). The summed E-state index contributed by atoms with van der Waals surface area (Å²) in [7, 11) is 0. The number of hydrogen-bond donors (Lipinski definition) is 4. The van der Waals surface area contributed by atoms with E-state index in [1.807, 2.05) is 0 Å². The average Bonchev–Trinajstić information content (AvgIpc) is 2.52. The maximum atomic E-state index is 11.7. The summed E-state index contributed by atoms with van der Waals surface area (Å²) < 4.78 is 5.25. The van der Waals surface area contributed by atoms with E-state index < -0.39 is 6.03 Å². The van der Waals surface area contributed by atoms with Crippen molar-refractivity contribution in [1.29, 1.82) is 0 Å². The third kappa shape index (κ3) is 5.88. The third-order valence-electron chi connectivity index (χ3n) is 3.30. The number of morpholine rings is 1. The molecule has 3 amide bonds. The van der Waals surface area contributed by atoms with Gasteiger partial charge >= 0.3 is 6.03 Å². The van der Waals surface area contributed by atoms with E-state index in [1.165, 1.54) is 4.90 Å². The van der Waals surface area contributed by atoms with Gasteiger partial charge in [-0.1, -0.05) is 17.7 Å². The number of nitrogens with one attached hydrogen (secondary N) is 4. The molecular formula is C14H20ClN4O3+. The predicted octanol–water partition coefficient (Wildman–Crippen LogP) is -0.202. The normalized spacial score (nSPS) is 15.1. The van der Waals surface area contributed by atoms with Gasteiger partial charge < -0.3 is 15.0 Å². The van der Waals surface area contributed by atoms with Gasteiger partial charge in [0.2, 0.25) is 5.91 Å². The molecule has 0 unspecified atom stereocenters. The van der Waals surface area contributed by atoms with Gasteiger partial charge in [0.25, 0.3) is 0 Å². The summed E-state index contributed by atoms with van der Waals surface area (Å²) in [6.07, 6.45) is 0.354. The van der Waals surface area contributed by atoms with Gasteiger partial charge in [-0.25, -0.2) is 10.2 Å². The highest BCUT2D eigenvalue weighted by molar-refractivity contribution is 6.30. The van der Waals surface area contributed by atoms with Crippen LogP contribution in [0, 0.1) is 0 Å². The fourth-order valence-electron chi connectivity index (χ4n) is 2.12. The third-order valence-corrected chi connectivity index (χ3v) is 3.54. The van der Waals surface area contributed by atoms with E-state index in [0.717, 1.165) is 32.8 Å². The van der Waals surface area contributed by atoms with E-state index in [9.17, 15) is 9.59 Å². The number of rotatable bonds is 4. The Hall–Kier alpha value is -1.83. The van der Waals surface area contributed by atoms with Crippen LogP contribution < -0.4 is 21.1 Å². The van der Waals surface area contributed by atoms with Crippen LogP contribution in [-0.4, -0.2) is 44.8 Å². The first kappa shape index (κ1) is 16.5. The topological polar surface area (TPSA) is 83.9 Å². The number of ether oxygens (including phenoxy) is 1. The summed E-state index contributed by atoms with van der Waals surface area (Å²) in [6.45, 7) is 4.02. The van der Waals surface area contributed by atoms with Crippen molar-refractivity contribution in [3.63, 3.8) is 0 Å². The molecule has 8 heteroatoms. The van der Waals surface area contributed by atoms with Crippen LogP contribution in [0.25, 0.3) is 0 Å². The minimum Gasteiger partial charge on any atom is -0.370 e. The first-order valence-corrected chi connectivity index (χ1v) is 7.54. The molecule has 120 valence electrons. The molecule has 1 aliphatic heterocycles. The Morgan fingerprint density at radius 3 is 2.73 bits per heavy atom. The van der Waals surface area contributed by atoms with Crippen molar-refractivity contribution in [1.82, 2.24) is 10.9 Å². The number of halogens is 1. The Kier molecular flexibility index (Phi) is 6.45. The first-order valence-electron chi connectivity index (χ1n) is 7.16. The molecule has 22 heavy (non-hydrogen) atoms. The number of hydrogen-bond acceptors (Lipinski definition) is 3. The molecule has 7 nitrogen and oxygen atoms in total. The molecular weight excluding hydrogens is 308 g/mol. The lowest BCUT2D eigenvalue weighted by Crippen LogP contribution is -3.14. The number of amides is 3. The van der Waals surface area contributed by atoms with Crippen LogP contribution in [0.2, 0.25) is 5.02 Å². The number of anilines is 1. The van der Waals surface area contributed by atoms with Gasteiger partial charge in [-0.15, -0.1) is 0 Å². The molecule has 1 aromatic rings. The van der Waals surface area contributed by atoms with E-state index in [1.54, 1.807) is 24.3 Å². The van der Waals surface area contributed by atoms with E-state index in [0.29, 0.717) is 17.1 Å². The zero-order valence-corrected chi connectivity index (χ0v) is 12.9. The lowest BCUT2D eigenvalue weighted by atomic mass is 10.3. The SMILES string of the molecule is O=C(CC[NH+]1CCOCC1)NNC(=O)Nc1cccc(Cl)c1. The highest BCUT2D eigenvalue weighted by Crippen LogP contribution is 2.14. The molecule has 0 saturated carbocycles. The Bertz CT molecular complexity index is 521. The largest absolute Gasteiger partial charge is 0.370 e. The quantitative estimate of drug-likeness (QED) is 0.578. The number of carbonyl (C=O) groups excluding carboxylic acids is 2. The van der Waals surface area contributed by atoms with E-state index in [4.69, 9.17) is 16.3 Å². The second kappa shape index (κ2) is 8.57. The van der Waals surface area contributed by atoms with E-state index >= 15 is 0 Å². The van der Waals surface area contributed by atoms with Crippen LogP contribution in [0.3, 0.4) is 0 Å². The molecule has 1 aromatic carbocycles. The summed E-state index contributed by atoms with van der Waals surface area (Å²) in [4.78, 5) is 24.6. The van der Waals surface area contributed by atoms with Crippen molar-refractivity contribution in [2.75, 3.05) is 38.2 Å². The van der Waals surface area contributed by atoms with Crippen LogP contribution in [0.5, 0.6) is 0 Å². The minimum atomic E-state index is -0.519. The number of carbonyl (C=O) groups is 2. The summed E-state index contributed by atoms with van der Waals surface area (Å²) in [5.74, 6) is -0.222. The lowest BCUT2D eigenvalue weighted by molar-refractivity contribution is -0.907. The van der Waals surface area contributed by atoms with Crippen molar-refractivity contribution in [2.45, 2.75) is 6.42 Å². The van der Waals surface area contributed by atoms with Gasteiger partial charge in [0.1, 0.15) is 13.1 Å². The highest BCUT2D eigenvalue weighted by Gasteiger charge is 2.15. The number of urea groups is 1. The van der Waals surface area contributed by atoms with E-state index in [-0.39, 0.29) is 5.91 Å². The number of benzene rings is 1. The van der Waals surface area contributed by atoms with Crippen LogP contribution in [-0.2, 0) is 9.53 Å². The van der Waals surface area contributed by atoms with Crippen molar-refractivity contribution in [3.05, 3.63) is 29.3 Å². The molecule has 1 aliphatic rings. The second-order valence-corrected chi connectivity index (χ2v) is 5.44. The molecule has 0 bridgehead atoms. The molecule has 1 fully saturated rings. The molecule has 0 aromatic heterocycles. The lowest BCUT2D eigenvalue weighted by Gasteiger charge is -2.23. The minimum absolute atomic E-state index is 0.222. The number of quaternary nitrogens is 1. The van der Waals surface area contributed by atoms with Gasteiger partial charge in [-0.2, -0.15) is 0 Å². The van der Waals surface area contributed by atoms with Crippen LogP contribution in [0.4, 0.5) is 10.5 Å². The van der Waals surface area contributed by atoms with Gasteiger partial charge in [0, 0.05) is 10.7 Å². The first-order chi connectivity index (χ1) is 10.6. The predicted molar refractivity (Wildman–Crippen MR) is 82.7 cm³/mol. The fraction of sp³-hybridized carbons (Fsp3) is 0.429. The molecule has 1 heterocycles. The average molecular weight is 328 g/mol. The maximum absolute atomic E-state index is 11.7. The smallest absolute Gasteiger partial charge is 0.337 e. The Balaban J connectivity index is 1.64. The van der Waals surface area contributed by atoms with Crippen LogP contribution >= 0.6 is 11.6 Å². The van der Waals surface area contributed by atoms with Crippen molar-refractivity contribution >= 4 is 29.2 Å². The molecule has 0 spiro atoms. The van der Waals surface area contributed by atoms with Crippen molar-refractivity contribution < 1.29 is 19.2 Å². The number of hydrazine groups is 1. The summed E-state index contributed by atoms with van der Waals surface area (Å²) in [5, 5.41) is 3.10. The highest BCUT2D eigenvalue weighted by atomic mass is 35.5. The summed E-state index contributed by atoms with van der Waals surface area (Å²) in [6, 6.07) is 6.23. The molecule has 1 saturated heterocycles. The standard InChI is InChI=1S/C14H19ClN4O3/c15-11-2-1-3-12(10-11)16-14(21)18-17-13(20)4-5-19-6-8-22-9-7-19/h1-3,10H,4-9H2,(H,17,20)(H2,16,18,21)/p+1. The fourth-order valence-corrected chi connectivity index (χ4v) is 2.31. The van der Waals surface area contributed by atoms with Crippen molar-refractivity contribution in [2.24, 2.45) is 0 Å². The van der Waals surface area contributed by atoms with Crippen molar-refractivity contribution in [3.8, 4) is 0 Å². The Morgan fingerprint density at radius 1 is 1.23 bits per heavy atom. The summed E-state index contributed by atoms with van der Waals surface area (Å²) >= 11 is 5.82. The molecule has 0 aliphatic carbocycles. The van der Waals surface area contributed by atoms with Crippen LogP contribution in [0.1, 0.15) is 6.42 Å². The second-order valence-electron chi connectivity index (χ2n) is 5.00. The molecule has 4 N–H and O–H groups in total. The van der Waals surface area contributed by atoms with Crippen LogP contribution in [0.15, 0.2) is 24.3 Å². The maximum Gasteiger partial charge on any atom is 0.337 e. The molecule has 0 radical (unpaired) electrons. The zero-order valence-electron chi connectivity index (χ0n) is 12.2. The monoisotopic (exact) mass is 327 g/mol. The van der Waals surface area contributed by atoms with Gasteiger partial charge in [-0.3, -0.25) is 10.2 Å². The van der Waals surface area contributed by atoms with Gasteiger partial charge in [-0.05, 0) is 18.2 Å². The molecule has 0 atom stereocenters. The van der Waals surface area contributed by atoms with Gasteiger partial charge in [0.15, 0.2) is 0 Å². The van der Waals surface area contributed by atoms with Gasteiger partial charge in [0.05, 0.1) is 26.2 Å². The Labute approximate surface area is 133 Å². The zero-order chi connectivity index (χ0) is 15.8. The summed E-state index contributed by atoms with van der Waals surface area (Å²) in [5.41, 5.74) is 5.24. The Morgan fingerprint density at radius 2 is 2.00 bits per heavy atom.